The van der Waals surface area contributed by atoms with Gasteiger partial charge in [0.2, 0.25) is 5.91 Å². The van der Waals surface area contributed by atoms with Gasteiger partial charge in [0.05, 0.1) is 37.1 Å². The van der Waals surface area contributed by atoms with Crippen LogP contribution in [0.5, 0.6) is 0 Å². The van der Waals surface area contributed by atoms with Crippen molar-refractivity contribution in [3.8, 4) is 11.3 Å². The second kappa shape index (κ2) is 8.11. The fourth-order valence-electron chi connectivity index (χ4n) is 5.27. The van der Waals surface area contributed by atoms with Crippen molar-refractivity contribution in [1.29, 1.82) is 0 Å². The number of hydrogen-bond acceptors (Lipinski definition) is 4. The summed E-state index contributed by atoms with van der Waals surface area (Å²) in [5, 5.41) is 5.17. The Balaban J connectivity index is 1.83. The molecular weight excluding hydrogens is 444 g/mol. The van der Waals surface area contributed by atoms with Crippen LogP contribution < -0.4 is 4.90 Å². The van der Waals surface area contributed by atoms with Gasteiger partial charge in [-0.25, -0.2) is 9.37 Å². The zero-order chi connectivity index (χ0) is 25.1. The summed E-state index contributed by atoms with van der Waals surface area (Å²) in [6.07, 6.45) is 5.29. The van der Waals surface area contributed by atoms with Gasteiger partial charge < -0.3 is 4.90 Å². The van der Waals surface area contributed by atoms with E-state index in [1.54, 1.807) is 18.6 Å². The lowest BCUT2D eigenvalue weighted by Gasteiger charge is -2.68. The van der Waals surface area contributed by atoms with Crippen LogP contribution in [0.2, 0.25) is 20.9 Å². The van der Waals surface area contributed by atoms with Gasteiger partial charge in [-0.05, 0) is 35.5 Å². The molecule has 1 aliphatic heterocycles. The van der Waals surface area contributed by atoms with Crippen LogP contribution >= 0.6 is 11.6 Å². The van der Waals surface area contributed by atoms with E-state index in [-0.39, 0.29) is 16.3 Å². The minimum absolute atomic E-state index is 0.0536. The van der Waals surface area contributed by atoms with Crippen molar-refractivity contribution < 1.29 is 9.18 Å². The largest absolute Gasteiger partial charge is 0.309 e. The second-order valence-corrected chi connectivity index (χ2v) is 11.3. The van der Waals surface area contributed by atoms with E-state index in [2.05, 4.69) is 67.2 Å². The highest BCUT2D eigenvalue weighted by molar-refractivity contribution is 6.67. The van der Waals surface area contributed by atoms with E-state index in [1.807, 2.05) is 30.9 Å². The Hall–Kier alpha value is -2.35. The van der Waals surface area contributed by atoms with E-state index < -0.39 is 21.7 Å². The molecule has 1 fully saturated rings. The Morgan fingerprint density at radius 1 is 1.03 bits per heavy atom. The zero-order valence-electron chi connectivity index (χ0n) is 20.7. The van der Waals surface area contributed by atoms with E-state index >= 15 is 0 Å². The standard InChI is InChI=1S/C19H24B7ClFN5O/c20-16(7-9-5-11(28)14(27)30-8-9)15(34)33(19(25,26)18(23,24)17(16,21)22)13-6-12(31-32-13)10-1-3-29-4-2-10/h1-6,8H,7,20-26H2,(H,31,32). The van der Waals surface area contributed by atoms with Gasteiger partial charge in [0.1, 0.15) is 29.4 Å². The molecule has 3 aromatic rings. The van der Waals surface area contributed by atoms with Crippen LogP contribution in [0.25, 0.3) is 11.3 Å². The molecule has 0 radical (unpaired) electrons. The maximum absolute atomic E-state index is 14.4. The molecule has 1 atom stereocenters. The van der Waals surface area contributed by atoms with Crippen LogP contribution in [0.15, 0.2) is 42.9 Å². The lowest BCUT2D eigenvalue weighted by molar-refractivity contribution is -0.124. The van der Waals surface area contributed by atoms with E-state index in [9.17, 15) is 9.18 Å². The first-order valence-electron chi connectivity index (χ1n) is 11.3. The maximum atomic E-state index is 14.4. The Bertz CT molecular complexity index is 1260. The highest BCUT2D eigenvalue weighted by atomic mass is 35.5. The molecule has 1 unspecified atom stereocenters. The highest BCUT2D eigenvalue weighted by Crippen LogP contribution is 2.67. The molecule has 166 valence electrons. The van der Waals surface area contributed by atoms with Crippen molar-refractivity contribution >= 4 is 78.2 Å². The zero-order valence-corrected chi connectivity index (χ0v) is 21.5. The molecule has 0 saturated carbocycles. The molecule has 1 amide bonds. The summed E-state index contributed by atoms with van der Waals surface area (Å²) in [7, 11) is 14.8. The normalized spacial score (nSPS) is 23.0. The smallest absolute Gasteiger partial charge is 0.224 e. The topological polar surface area (TPSA) is 74.8 Å². The molecule has 0 aromatic carbocycles. The molecule has 3 aromatic heterocycles. The Labute approximate surface area is 210 Å². The molecule has 1 aliphatic rings. The van der Waals surface area contributed by atoms with E-state index in [0.717, 1.165) is 11.3 Å². The van der Waals surface area contributed by atoms with Crippen molar-refractivity contribution in [3.05, 3.63) is 59.4 Å². The Morgan fingerprint density at radius 2 is 1.68 bits per heavy atom. The quantitative estimate of drug-likeness (QED) is 0.322. The highest BCUT2D eigenvalue weighted by Gasteiger charge is 2.65. The number of pyridine rings is 2. The van der Waals surface area contributed by atoms with Crippen molar-refractivity contribution in [2.75, 3.05) is 4.90 Å². The summed E-state index contributed by atoms with van der Waals surface area (Å²) < 4.78 is 14.2. The van der Waals surface area contributed by atoms with Crippen LogP contribution in [0, 0.1) is 5.82 Å². The maximum Gasteiger partial charge on any atom is 0.224 e. The lowest BCUT2D eigenvalue weighted by Crippen LogP contribution is -2.74. The molecule has 0 bridgehead atoms. The van der Waals surface area contributed by atoms with Gasteiger partial charge in [0, 0.05) is 35.5 Å². The molecule has 0 aliphatic carbocycles. The summed E-state index contributed by atoms with van der Waals surface area (Å²) >= 11 is 5.81. The predicted molar refractivity (Wildman–Crippen MR) is 153 cm³/mol. The summed E-state index contributed by atoms with van der Waals surface area (Å²) in [6, 6.07) is 7.02. The van der Waals surface area contributed by atoms with Crippen molar-refractivity contribution in [2.45, 2.75) is 27.5 Å². The third-order valence-corrected chi connectivity index (χ3v) is 9.18. The number of amides is 1. The average Bonchev–Trinajstić information content (AvgIpc) is 3.25. The number of nitrogens with one attached hydrogen (secondary N) is 1. The number of H-pyrrole nitrogens is 1. The second-order valence-electron chi connectivity index (χ2n) is 10.9. The lowest BCUT2D eigenvalue weighted by atomic mass is 9.12. The van der Waals surface area contributed by atoms with Gasteiger partial charge in [-0.15, -0.1) is 0 Å². The van der Waals surface area contributed by atoms with E-state index in [4.69, 9.17) is 11.6 Å². The molecule has 15 heteroatoms. The van der Waals surface area contributed by atoms with Crippen molar-refractivity contribution in [3.63, 3.8) is 0 Å². The predicted octanol–water partition coefficient (Wildman–Crippen LogP) is -3.27. The molecular formula is C19H24B7ClFN5O. The first-order chi connectivity index (χ1) is 15.7. The minimum atomic E-state index is -0.865. The number of halogens is 2. The van der Waals surface area contributed by atoms with Gasteiger partial charge in [-0.2, -0.15) is 5.10 Å². The van der Waals surface area contributed by atoms with Gasteiger partial charge >= 0.3 is 0 Å². The molecule has 0 spiro atoms. The van der Waals surface area contributed by atoms with Gasteiger partial charge in [0.15, 0.2) is 11.0 Å². The minimum Gasteiger partial charge on any atom is -0.309 e. The van der Waals surface area contributed by atoms with Crippen LogP contribution in [0.1, 0.15) is 5.56 Å². The number of rotatable bonds is 4. The molecule has 1 saturated heterocycles. The number of carbonyl (C=O) groups excluding carboxylic acids is 1. The molecule has 34 heavy (non-hydrogen) atoms. The summed E-state index contributed by atoms with van der Waals surface area (Å²) in [5.74, 6) is -0.0185. The third-order valence-electron chi connectivity index (χ3n) is 8.90. The monoisotopic (exact) mass is 469 g/mol. The SMILES string of the molecule is BC1(Cc2cnc(Cl)c(F)c2)C(=O)N(c2cc(-c3ccncc3)n[nH]2)C(B)(B)C(B)(B)C1(B)B. The molecule has 6 nitrogen and oxygen atoms in total. The van der Waals surface area contributed by atoms with Crippen molar-refractivity contribution in [1.82, 2.24) is 20.2 Å². The van der Waals surface area contributed by atoms with Crippen LogP contribution in [0.4, 0.5) is 10.2 Å². The number of nitrogens with zero attached hydrogens (tertiary/aromatic N) is 4. The van der Waals surface area contributed by atoms with Crippen molar-refractivity contribution in [2.24, 2.45) is 0 Å². The molecule has 1 N–H and O–H groups in total. The van der Waals surface area contributed by atoms with Gasteiger partial charge in [0.25, 0.3) is 0 Å². The van der Waals surface area contributed by atoms with Crippen LogP contribution in [-0.4, -0.2) is 86.3 Å². The summed E-state index contributed by atoms with van der Waals surface area (Å²) in [6.45, 7) is 0. The molecule has 4 heterocycles. The number of aromatic amines is 1. The number of anilines is 1. The van der Waals surface area contributed by atoms with Crippen LogP contribution in [0.3, 0.4) is 0 Å². The first kappa shape index (κ1) is 24.8. The summed E-state index contributed by atoms with van der Waals surface area (Å²) in [4.78, 5) is 24.3. The fraction of sp³-hybridized carbons (Fsp3) is 0.263. The van der Waals surface area contributed by atoms with Gasteiger partial charge in [-0.3, -0.25) is 14.9 Å². The molecule has 4 rings (SSSR count). The number of hydrogen-bond donors (Lipinski definition) is 1. The van der Waals surface area contributed by atoms with E-state index in [1.165, 1.54) is 6.07 Å². The average molecular weight is 469 g/mol. The Kier molecular flexibility index (Phi) is 5.91. The number of aromatic nitrogens is 4. The number of piperidine rings is 1. The number of carbonyl (C=O) groups is 1. The third kappa shape index (κ3) is 3.48. The Morgan fingerprint density at radius 3 is 2.29 bits per heavy atom. The van der Waals surface area contributed by atoms with Gasteiger partial charge in [-0.1, -0.05) is 22.0 Å². The van der Waals surface area contributed by atoms with Crippen LogP contribution in [-0.2, 0) is 11.2 Å². The first-order valence-corrected chi connectivity index (χ1v) is 11.7. The van der Waals surface area contributed by atoms with E-state index in [0.29, 0.717) is 17.8 Å². The summed E-state index contributed by atoms with van der Waals surface area (Å²) in [5.41, 5.74) is 2.27. The fourth-order valence-corrected chi connectivity index (χ4v) is 5.37.